The van der Waals surface area contributed by atoms with Gasteiger partial charge in [-0.1, -0.05) is 6.07 Å². The summed E-state index contributed by atoms with van der Waals surface area (Å²) in [5, 5.41) is 3.27. The van der Waals surface area contributed by atoms with Gasteiger partial charge in [0.2, 0.25) is 0 Å². The zero-order valence-corrected chi connectivity index (χ0v) is 11.2. The fourth-order valence-corrected chi connectivity index (χ4v) is 2.54. The molecule has 3 nitrogen and oxygen atoms in total. The van der Waals surface area contributed by atoms with Gasteiger partial charge in [0.1, 0.15) is 0 Å². The second-order valence-electron chi connectivity index (χ2n) is 4.67. The summed E-state index contributed by atoms with van der Waals surface area (Å²) in [4.78, 5) is 2.24. The Balaban J connectivity index is 2.22. The van der Waals surface area contributed by atoms with Gasteiger partial charge in [-0.2, -0.15) is 0 Å². The molecule has 0 amide bonds. The van der Waals surface area contributed by atoms with E-state index in [2.05, 4.69) is 10.2 Å². The molecule has 0 aromatic heterocycles. The summed E-state index contributed by atoms with van der Waals surface area (Å²) < 4.78 is 31.2. The minimum absolute atomic E-state index is 0.0124. The summed E-state index contributed by atoms with van der Waals surface area (Å²) in [6.45, 7) is 3.19. The van der Waals surface area contributed by atoms with Crippen molar-refractivity contribution in [3.05, 3.63) is 29.6 Å². The fourth-order valence-electron chi connectivity index (χ4n) is 2.54. The first-order valence-corrected chi connectivity index (χ1v) is 6.60. The Morgan fingerprint density at radius 1 is 1.37 bits per heavy atom. The molecular weight excluding hydrogens is 250 g/mol. The third-order valence-electron chi connectivity index (χ3n) is 3.53. The zero-order chi connectivity index (χ0) is 13.7. The van der Waals surface area contributed by atoms with Crippen LogP contribution in [0.1, 0.15) is 18.0 Å². The van der Waals surface area contributed by atoms with E-state index < -0.39 is 0 Å². The van der Waals surface area contributed by atoms with Crippen LogP contribution in [0, 0.1) is 5.82 Å². The van der Waals surface area contributed by atoms with Crippen molar-refractivity contribution < 1.29 is 13.5 Å². The van der Waals surface area contributed by atoms with Crippen molar-refractivity contribution in [1.82, 2.24) is 10.2 Å². The molecule has 2 rings (SSSR count). The lowest BCUT2D eigenvalue weighted by atomic mass is 10.0. The average Bonchev–Trinajstić information content (AvgIpc) is 2.46. The number of nitrogens with one attached hydrogen (secondary N) is 1. The van der Waals surface area contributed by atoms with Crippen LogP contribution in [0.2, 0.25) is 0 Å². The Hall–Kier alpha value is -1.20. The van der Waals surface area contributed by atoms with Gasteiger partial charge in [-0.3, -0.25) is 9.29 Å². The van der Waals surface area contributed by atoms with Crippen molar-refractivity contribution >= 4 is 0 Å². The van der Waals surface area contributed by atoms with Gasteiger partial charge in [0.05, 0.1) is 13.8 Å². The number of ether oxygens (including phenoxy) is 1. The molecule has 0 spiro atoms. The number of methoxy groups -OCH3 is 1. The van der Waals surface area contributed by atoms with Crippen LogP contribution < -0.4 is 10.1 Å². The smallest absolute Gasteiger partial charge is 0.165 e. The van der Waals surface area contributed by atoms with Crippen LogP contribution >= 0.6 is 0 Å². The number of benzene rings is 1. The molecule has 1 aromatic rings. The first-order chi connectivity index (χ1) is 9.26. The highest BCUT2D eigenvalue weighted by atomic mass is 19.1. The molecule has 1 aliphatic heterocycles. The average molecular weight is 270 g/mol. The normalized spacial score (nSPS) is 18.3. The number of halogens is 2. The predicted octanol–water partition coefficient (Wildman–Crippen LogP) is 2.14. The van der Waals surface area contributed by atoms with Crippen molar-refractivity contribution in [3.8, 4) is 5.75 Å². The molecule has 1 N–H and O–H groups in total. The van der Waals surface area contributed by atoms with E-state index in [0.717, 1.165) is 31.7 Å². The highest BCUT2D eigenvalue weighted by molar-refractivity contribution is 5.32. The van der Waals surface area contributed by atoms with Crippen LogP contribution in [0.15, 0.2) is 18.2 Å². The molecule has 0 saturated carbocycles. The van der Waals surface area contributed by atoms with Crippen LogP contribution in [0.3, 0.4) is 0 Å². The SMILES string of the molecule is COc1cc([C@H](CCF)N2CCNCC2)ccc1F. The van der Waals surface area contributed by atoms with E-state index in [0.29, 0.717) is 6.42 Å². The van der Waals surface area contributed by atoms with Gasteiger partial charge in [-0.25, -0.2) is 4.39 Å². The van der Waals surface area contributed by atoms with Crippen molar-refractivity contribution in [1.29, 1.82) is 0 Å². The van der Waals surface area contributed by atoms with E-state index in [1.54, 1.807) is 12.1 Å². The Morgan fingerprint density at radius 3 is 2.74 bits per heavy atom. The molecule has 0 radical (unpaired) electrons. The van der Waals surface area contributed by atoms with Crippen LogP contribution in [0.25, 0.3) is 0 Å². The van der Waals surface area contributed by atoms with Gasteiger partial charge in [-0.05, 0) is 24.1 Å². The lowest BCUT2D eigenvalue weighted by molar-refractivity contribution is 0.157. The molecule has 19 heavy (non-hydrogen) atoms. The number of alkyl halides is 1. The maximum Gasteiger partial charge on any atom is 0.165 e. The third kappa shape index (κ3) is 3.42. The molecule has 0 bridgehead atoms. The maximum atomic E-state index is 13.4. The summed E-state index contributed by atoms with van der Waals surface area (Å²) in [5.41, 5.74) is 0.915. The zero-order valence-electron chi connectivity index (χ0n) is 11.2. The highest BCUT2D eigenvalue weighted by Gasteiger charge is 2.22. The van der Waals surface area contributed by atoms with Crippen LogP contribution in [0.4, 0.5) is 8.78 Å². The number of piperazine rings is 1. The monoisotopic (exact) mass is 270 g/mol. The first kappa shape index (κ1) is 14.2. The second-order valence-corrected chi connectivity index (χ2v) is 4.67. The number of nitrogens with zero attached hydrogens (tertiary/aromatic N) is 1. The van der Waals surface area contributed by atoms with Gasteiger partial charge in [0, 0.05) is 32.2 Å². The first-order valence-electron chi connectivity index (χ1n) is 6.60. The Bertz CT molecular complexity index is 408. The second kappa shape index (κ2) is 6.82. The van der Waals surface area contributed by atoms with E-state index in [1.165, 1.54) is 13.2 Å². The quantitative estimate of drug-likeness (QED) is 0.887. The molecule has 0 aliphatic carbocycles. The summed E-state index contributed by atoms with van der Waals surface area (Å²) in [7, 11) is 1.44. The standard InChI is InChI=1S/C14H20F2N2O/c1-19-14-10-11(2-3-12(14)16)13(4-5-15)18-8-6-17-7-9-18/h2-3,10,13,17H,4-9H2,1H3/t13-/m0/s1. The minimum Gasteiger partial charge on any atom is -0.494 e. The van der Waals surface area contributed by atoms with Crippen LogP contribution in [0.5, 0.6) is 5.75 Å². The molecule has 106 valence electrons. The number of hydrogen-bond acceptors (Lipinski definition) is 3. The predicted molar refractivity (Wildman–Crippen MR) is 70.7 cm³/mol. The van der Waals surface area contributed by atoms with Gasteiger partial charge in [-0.15, -0.1) is 0 Å². The number of rotatable bonds is 5. The van der Waals surface area contributed by atoms with Crippen LogP contribution in [-0.2, 0) is 0 Å². The van der Waals surface area contributed by atoms with Crippen molar-refractivity contribution in [2.45, 2.75) is 12.5 Å². The van der Waals surface area contributed by atoms with E-state index >= 15 is 0 Å². The Labute approximate surface area is 112 Å². The summed E-state index contributed by atoms with van der Waals surface area (Å²) in [5.74, 6) is -0.165. The van der Waals surface area contributed by atoms with Gasteiger partial charge in [0.15, 0.2) is 11.6 Å². The molecule has 1 atom stereocenters. The van der Waals surface area contributed by atoms with Crippen LogP contribution in [-0.4, -0.2) is 44.9 Å². The molecule has 0 unspecified atom stereocenters. The number of hydrogen-bond donors (Lipinski definition) is 1. The molecule has 1 heterocycles. The molecular formula is C14H20F2N2O. The summed E-state index contributed by atoms with van der Waals surface area (Å²) in [6.07, 6.45) is 0.425. The Morgan fingerprint density at radius 2 is 2.11 bits per heavy atom. The molecule has 1 saturated heterocycles. The third-order valence-corrected chi connectivity index (χ3v) is 3.53. The molecule has 1 aliphatic rings. The van der Waals surface area contributed by atoms with Gasteiger partial charge >= 0.3 is 0 Å². The van der Waals surface area contributed by atoms with E-state index in [9.17, 15) is 8.78 Å². The topological polar surface area (TPSA) is 24.5 Å². The lowest BCUT2D eigenvalue weighted by Gasteiger charge is -2.35. The highest BCUT2D eigenvalue weighted by Crippen LogP contribution is 2.29. The van der Waals surface area contributed by atoms with Crippen molar-refractivity contribution in [2.75, 3.05) is 40.0 Å². The van der Waals surface area contributed by atoms with E-state index in [1.807, 2.05) is 0 Å². The largest absolute Gasteiger partial charge is 0.494 e. The van der Waals surface area contributed by atoms with Crippen molar-refractivity contribution in [3.63, 3.8) is 0 Å². The minimum atomic E-state index is -0.384. The fraction of sp³-hybridized carbons (Fsp3) is 0.571. The lowest BCUT2D eigenvalue weighted by Crippen LogP contribution is -2.45. The Kier molecular flexibility index (Phi) is 5.10. The molecule has 1 aromatic carbocycles. The van der Waals surface area contributed by atoms with E-state index in [-0.39, 0.29) is 24.3 Å². The van der Waals surface area contributed by atoms with E-state index in [4.69, 9.17) is 4.74 Å². The van der Waals surface area contributed by atoms with Gasteiger partial charge in [0.25, 0.3) is 0 Å². The van der Waals surface area contributed by atoms with Crippen molar-refractivity contribution in [2.24, 2.45) is 0 Å². The summed E-state index contributed by atoms with van der Waals surface area (Å²) >= 11 is 0. The van der Waals surface area contributed by atoms with Gasteiger partial charge < -0.3 is 10.1 Å². The summed E-state index contributed by atoms with van der Waals surface area (Å²) in [6, 6.07) is 4.78. The maximum absolute atomic E-state index is 13.4. The molecule has 1 fully saturated rings. The molecule has 5 heteroatoms.